The van der Waals surface area contributed by atoms with Crippen LogP contribution < -0.4 is 4.74 Å². The Morgan fingerprint density at radius 1 is 1.17 bits per heavy atom. The van der Waals surface area contributed by atoms with Gasteiger partial charge in [-0.3, -0.25) is 0 Å². The lowest BCUT2D eigenvalue weighted by Crippen LogP contribution is -1.98. The van der Waals surface area contributed by atoms with Crippen molar-refractivity contribution in [1.82, 2.24) is 0 Å². The van der Waals surface area contributed by atoms with Gasteiger partial charge >= 0.3 is 0 Å². The van der Waals surface area contributed by atoms with E-state index in [9.17, 15) is 0 Å². The molecule has 0 aliphatic heterocycles. The first-order valence-electron chi connectivity index (χ1n) is 5.72. The SMILES string of the molecule is Cc1ccccc1COc1ccc(CBr)cc1Cl. The number of ether oxygens (including phenoxy) is 1. The second-order valence-corrected chi connectivity index (χ2v) is 5.08. The molecule has 0 radical (unpaired) electrons. The van der Waals surface area contributed by atoms with Crippen LogP contribution in [0.1, 0.15) is 16.7 Å². The maximum absolute atomic E-state index is 6.17. The summed E-state index contributed by atoms with van der Waals surface area (Å²) in [4.78, 5) is 0. The van der Waals surface area contributed by atoms with E-state index in [1.165, 1.54) is 11.1 Å². The lowest BCUT2D eigenvalue weighted by atomic mass is 10.1. The molecule has 0 aliphatic carbocycles. The highest BCUT2D eigenvalue weighted by atomic mass is 79.9. The van der Waals surface area contributed by atoms with Gasteiger partial charge in [-0.25, -0.2) is 0 Å². The Morgan fingerprint density at radius 2 is 1.94 bits per heavy atom. The molecule has 0 unspecified atom stereocenters. The first kappa shape index (κ1) is 13.4. The molecule has 0 spiro atoms. The van der Waals surface area contributed by atoms with Crippen LogP contribution in [0.25, 0.3) is 0 Å². The molecular formula is C15H14BrClO. The highest BCUT2D eigenvalue weighted by molar-refractivity contribution is 9.08. The van der Waals surface area contributed by atoms with Gasteiger partial charge in [0.25, 0.3) is 0 Å². The van der Waals surface area contributed by atoms with Gasteiger partial charge in [0.1, 0.15) is 12.4 Å². The molecule has 0 saturated heterocycles. The maximum atomic E-state index is 6.17. The number of benzene rings is 2. The monoisotopic (exact) mass is 324 g/mol. The summed E-state index contributed by atoms with van der Waals surface area (Å²) >= 11 is 9.57. The Kier molecular flexibility index (Phi) is 4.67. The molecule has 0 heterocycles. The number of aryl methyl sites for hydroxylation is 1. The van der Waals surface area contributed by atoms with E-state index in [4.69, 9.17) is 16.3 Å². The Balaban J connectivity index is 2.09. The minimum absolute atomic E-state index is 0.542. The van der Waals surface area contributed by atoms with Crippen molar-refractivity contribution >= 4 is 27.5 Å². The second-order valence-electron chi connectivity index (χ2n) is 4.11. The Labute approximate surface area is 121 Å². The first-order valence-corrected chi connectivity index (χ1v) is 7.22. The van der Waals surface area contributed by atoms with Crippen LogP contribution in [-0.4, -0.2) is 0 Å². The van der Waals surface area contributed by atoms with Crippen LogP contribution in [0.3, 0.4) is 0 Å². The summed E-state index contributed by atoms with van der Waals surface area (Å²) in [6, 6.07) is 14.0. The molecule has 0 amide bonds. The van der Waals surface area contributed by atoms with Gasteiger partial charge < -0.3 is 4.74 Å². The summed E-state index contributed by atoms with van der Waals surface area (Å²) in [7, 11) is 0. The molecule has 0 aliphatic rings. The standard InChI is InChI=1S/C15H14BrClO/c1-11-4-2-3-5-13(11)10-18-15-7-6-12(9-16)8-14(15)17/h2-8H,9-10H2,1H3. The van der Waals surface area contributed by atoms with Crippen molar-refractivity contribution in [1.29, 1.82) is 0 Å². The van der Waals surface area contributed by atoms with Crippen molar-refractivity contribution in [2.45, 2.75) is 18.9 Å². The molecule has 0 N–H and O–H groups in total. The van der Waals surface area contributed by atoms with Crippen LogP contribution in [0.5, 0.6) is 5.75 Å². The average molecular weight is 326 g/mol. The van der Waals surface area contributed by atoms with Crippen molar-refractivity contribution in [3.63, 3.8) is 0 Å². The van der Waals surface area contributed by atoms with Crippen molar-refractivity contribution in [2.24, 2.45) is 0 Å². The molecule has 18 heavy (non-hydrogen) atoms. The molecule has 0 saturated carbocycles. The minimum Gasteiger partial charge on any atom is -0.487 e. The summed E-state index contributed by atoms with van der Waals surface area (Å²) in [5, 5.41) is 1.45. The van der Waals surface area contributed by atoms with E-state index in [0.717, 1.165) is 16.6 Å². The third-order valence-corrected chi connectivity index (χ3v) is 3.74. The van der Waals surface area contributed by atoms with E-state index in [2.05, 4.69) is 35.0 Å². The molecule has 0 bridgehead atoms. The fraction of sp³-hybridized carbons (Fsp3) is 0.200. The van der Waals surface area contributed by atoms with Crippen LogP contribution in [-0.2, 0) is 11.9 Å². The van der Waals surface area contributed by atoms with Gasteiger partial charge in [-0.1, -0.05) is 57.9 Å². The molecular weight excluding hydrogens is 312 g/mol. The topological polar surface area (TPSA) is 9.23 Å². The van der Waals surface area contributed by atoms with Gasteiger partial charge in [0.2, 0.25) is 0 Å². The summed E-state index contributed by atoms with van der Waals surface area (Å²) in [6.45, 7) is 2.62. The number of alkyl halides is 1. The van der Waals surface area contributed by atoms with Crippen molar-refractivity contribution in [3.8, 4) is 5.75 Å². The van der Waals surface area contributed by atoms with Crippen molar-refractivity contribution in [2.75, 3.05) is 0 Å². The molecule has 1 nitrogen and oxygen atoms in total. The number of rotatable bonds is 4. The van der Waals surface area contributed by atoms with E-state index >= 15 is 0 Å². The third kappa shape index (κ3) is 3.27. The Bertz CT molecular complexity index is 540. The fourth-order valence-electron chi connectivity index (χ4n) is 1.67. The summed E-state index contributed by atoms with van der Waals surface area (Å²) in [6.07, 6.45) is 0. The van der Waals surface area contributed by atoms with Crippen molar-refractivity contribution < 1.29 is 4.74 Å². The fourth-order valence-corrected chi connectivity index (χ4v) is 2.28. The quantitative estimate of drug-likeness (QED) is 0.709. The number of hydrogen-bond acceptors (Lipinski definition) is 1. The van der Waals surface area contributed by atoms with Gasteiger partial charge in [-0.15, -0.1) is 0 Å². The van der Waals surface area contributed by atoms with Gasteiger partial charge in [0.05, 0.1) is 5.02 Å². The van der Waals surface area contributed by atoms with E-state index in [-0.39, 0.29) is 0 Å². The molecule has 2 rings (SSSR count). The number of hydrogen-bond donors (Lipinski definition) is 0. The highest BCUT2D eigenvalue weighted by Gasteiger charge is 2.04. The predicted molar refractivity (Wildman–Crippen MR) is 79.6 cm³/mol. The maximum Gasteiger partial charge on any atom is 0.138 e. The minimum atomic E-state index is 0.542. The van der Waals surface area contributed by atoms with Crippen LogP contribution in [0, 0.1) is 6.92 Å². The molecule has 0 aromatic heterocycles. The lowest BCUT2D eigenvalue weighted by Gasteiger charge is -2.10. The third-order valence-electron chi connectivity index (χ3n) is 2.80. The smallest absolute Gasteiger partial charge is 0.138 e. The largest absolute Gasteiger partial charge is 0.487 e. The zero-order valence-corrected chi connectivity index (χ0v) is 12.5. The lowest BCUT2D eigenvalue weighted by molar-refractivity contribution is 0.305. The Hall–Kier alpha value is -0.990. The molecule has 3 heteroatoms. The molecule has 0 fully saturated rings. The molecule has 94 valence electrons. The van der Waals surface area contributed by atoms with E-state index in [1.54, 1.807) is 0 Å². The highest BCUT2D eigenvalue weighted by Crippen LogP contribution is 2.27. The summed E-state index contributed by atoms with van der Waals surface area (Å²) in [5.41, 5.74) is 3.55. The molecule has 2 aromatic carbocycles. The van der Waals surface area contributed by atoms with Crippen LogP contribution >= 0.6 is 27.5 Å². The summed E-state index contributed by atoms with van der Waals surface area (Å²) < 4.78 is 5.76. The van der Waals surface area contributed by atoms with Crippen molar-refractivity contribution in [3.05, 3.63) is 64.2 Å². The number of halogens is 2. The van der Waals surface area contributed by atoms with Crippen LogP contribution in [0.15, 0.2) is 42.5 Å². The first-order chi connectivity index (χ1) is 8.70. The van der Waals surface area contributed by atoms with Gasteiger partial charge in [-0.2, -0.15) is 0 Å². The molecule has 0 atom stereocenters. The van der Waals surface area contributed by atoms with Crippen LogP contribution in [0.2, 0.25) is 5.02 Å². The summed E-state index contributed by atoms with van der Waals surface area (Å²) in [5.74, 6) is 0.726. The van der Waals surface area contributed by atoms with E-state index in [0.29, 0.717) is 11.6 Å². The van der Waals surface area contributed by atoms with Gasteiger partial charge in [-0.05, 0) is 35.7 Å². The second kappa shape index (κ2) is 6.26. The zero-order valence-electron chi connectivity index (χ0n) is 10.1. The van der Waals surface area contributed by atoms with Gasteiger partial charge in [0, 0.05) is 5.33 Å². The van der Waals surface area contributed by atoms with Gasteiger partial charge in [0.15, 0.2) is 0 Å². The predicted octanol–water partition coefficient (Wildman–Crippen LogP) is 5.12. The van der Waals surface area contributed by atoms with Crippen LogP contribution in [0.4, 0.5) is 0 Å². The van der Waals surface area contributed by atoms with E-state index in [1.807, 2.05) is 30.3 Å². The Morgan fingerprint density at radius 3 is 2.61 bits per heavy atom. The average Bonchev–Trinajstić information content (AvgIpc) is 2.39. The molecule has 2 aromatic rings. The zero-order chi connectivity index (χ0) is 13.0. The normalized spacial score (nSPS) is 10.4. The van der Waals surface area contributed by atoms with E-state index < -0.39 is 0 Å².